The third kappa shape index (κ3) is 19.4. The van der Waals surface area contributed by atoms with Gasteiger partial charge in [-0.1, -0.05) is 425 Å². The van der Waals surface area contributed by atoms with E-state index in [1.54, 1.807) is 12.1 Å². The molecule has 0 atom stereocenters. The maximum Gasteiger partial charge on any atom is 0.131 e. The van der Waals surface area contributed by atoms with Crippen molar-refractivity contribution in [3.8, 4) is 157 Å². The van der Waals surface area contributed by atoms with Gasteiger partial charge in [0, 0.05) is 49.9 Å². The van der Waals surface area contributed by atoms with Gasteiger partial charge in [-0.15, -0.1) is 0 Å². The SMILES string of the molecule is Oc1c(-c2ccccc2)cc(-c2ccccc2)cc1-c1ccccc1.Oc1c(-c2ccccc2)ccc2ccccc12.Oc1c(-c2ccccc2)cccc1-c1ccccc1.Oc1cc(-c2ccccc2)ccc1-c1ccccc1.Oc1ccc(-c2ccccc2)cc1-c1ccccc1.Oc1ccccc1-c1ccccc1. The molecule has 0 unspecified atom stereocenters. The van der Waals surface area contributed by atoms with Gasteiger partial charge < -0.3 is 30.6 Å². The molecule has 0 heterocycles. The van der Waals surface area contributed by atoms with Crippen molar-refractivity contribution in [1.82, 2.24) is 0 Å². The van der Waals surface area contributed by atoms with Crippen molar-refractivity contribution in [2.45, 2.75) is 0 Å². The van der Waals surface area contributed by atoms with Gasteiger partial charge in [0.05, 0.1) is 0 Å². The summed E-state index contributed by atoms with van der Waals surface area (Å²) in [5, 5.41) is 63.5. The van der Waals surface area contributed by atoms with Gasteiger partial charge in [0.1, 0.15) is 34.5 Å². The normalized spacial score (nSPS) is 10.4. The molecule has 0 fully saturated rings. The number of phenolic OH excluding ortho intramolecular Hbond substituents is 6. The summed E-state index contributed by atoms with van der Waals surface area (Å²) in [6, 6.07) is 151. The quantitative estimate of drug-likeness (QED) is 0.0767. The molecular formula is C106H82O6. The summed E-state index contributed by atoms with van der Waals surface area (Å²) >= 11 is 0. The Hall–Kier alpha value is -15.0. The van der Waals surface area contributed by atoms with E-state index < -0.39 is 0 Å². The van der Waals surface area contributed by atoms with Crippen LogP contribution in [0.4, 0.5) is 0 Å². The Morgan fingerprint density at radius 3 is 0.759 bits per heavy atom. The number of benzene rings is 18. The van der Waals surface area contributed by atoms with Crippen LogP contribution in [0.25, 0.3) is 133 Å². The second-order valence-electron chi connectivity index (χ2n) is 26.3. The molecule has 0 aliphatic carbocycles. The molecule has 0 amide bonds. The Morgan fingerprint density at radius 1 is 0.116 bits per heavy atom. The van der Waals surface area contributed by atoms with Crippen LogP contribution >= 0.6 is 0 Å². The minimum atomic E-state index is 0.311. The fourth-order valence-electron chi connectivity index (χ4n) is 13.2. The lowest BCUT2D eigenvalue weighted by Crippen LogP contribution is -1.88. The van der Waals surface area contributed by atoms with Gasteiger partial charge in [0.2, 0.25) is 0 Å². The molecule has 0 aliphatic heterocycles. The van der Waals surface area contributed by atoms with Gasteiger partial charge in [-0.05, 0) is 120 Å². The molecule has 18 aromatic carbocycles. The molecule has 6 heteroatoms. The fraction of sp³-hybridized carbons (Fsp3) is 0. The second kappa shape index (κ2) is 38.0. The standard InChI is InChI=1S/C24H18O.3C18H14O.C16H12O.C12H10O/c25-24-22(19-12-6-2-7-13-19)16-21(18-10-4-1-5-11-18)17-23(24)20-14-8-3-9-15-20;19-18-16(14-8-3-1-4-9-14)12-7-13-17(18)15-10-5-2-6-11-15;19-18-12-11-16(14-7-3-1-4-8-14)13-17(18)15-9-5-2-6-10-15;19-18-13-16(14-7-3-1-4-8-14)11-12-17(18)15-9-5-2-6-10-15;17-16-14-9-5-4-8-13(14)10-11-15(16)12-6-2-1-3-7-12;13-12-9-5-4-8-11(12)10-6-2-1-3-7-10/h1-17,25H;3*1-13,19H;1-11,17H;1-9,13H. The third-order valence-electron chi connectivity index (χ3n) is 18.9. The van der Waals surface area contributed by atoms with Gasteiger partial charge >= 0.3 is 0 Å². The molecule has 0 radical (unpaired) electrons. The molecule has 18 aromatic rings. The van der Waals surface area contributed by atoms with Crippen LogP contribution in [0, 0.1) is 0 Å². The summed E-state index contributed by atoms with van der Waals surface area (Å²) < 4.78 is 0. The van der Waals surface area contributed by atoms with Crippen LogP contribution in [0.1, 0.15) is 0 Å². The van der Waals surface area contributed by atoms with Crippen molar-refractivity contribution in [1.29, 1.82) is 0 Å². The first-order chi connectivity index (χ1) is 55.1. The van der Waals surface area contributed by atoms with E-state index in [9.17, 15) is 30.6 Å². The Kier molecular flexibility index (Phi) is 25.5. The van der Waals surface area contributed by atoms with Gasteiger partial charge in [-0.25, -0.2) is 0 Å². The predicted molar refractivity (Wildman–Crippen MR) is 466 cm³/mol. The van der Waals surface area contributed by atoms with Crippen LogP contribution in [0.3, 0.4) is 0 Å². The van der Waals surface area contributed by atoms with Crippen LogP contribution in [0.2, 0.25) is 0 Å². The van der Waals surface area contributed by atoms with Crippen molar-refractivity contribution in [3.63, 3.8) is 0 Å². The first-order valence-corrected chi connectivity index (χ1v) is 37.0. The van der Waals surface area contributed by atoms with Gasteiger partial charge in [-0.2, -0.15) is 0 Å². The summed E-state index contributed by atoms with van der Waals surface area (Å²) in [6.45, 7) is 0. The van der Waals surface area contributed by atoms with Crippen molar-refractivity contribution < 1.29 is 30.6 Å². The molecule has 0 saturated carbocycles. The van der Waals surface area contributed by atoms with E-state index in [0.717, 1.165) is 133 Å². The molecule has 6 nitrogen and oxygen atoms in total. The molecule has 542 valence electrons. The van der Waals surface area contributed by atoms with Crippen molar-refractivity contribution in [3.05, 3.63) is 461 Å². The predicted octanol–water partition coefficient (Wildman–Crippen LogP) is 27.8. The Morgan fingerprint density at radius 2 is 0.366 bits per heavy atom. The molecule has 0 bridgehead atoms. The molecule has 0 spiro atoms. The number of hydrogen-bond donors (Lipinski definition) is 6. The van der Waals surface area contributed by atoms with Crippen molar-refractivity contribution in [2.24, 2.45) is 0 Å². The molecule has 18 rings (SSSR count). The minimum Gasteiger partial charge on any atom is -0.507 e. The molecular weight excluding hydrogens is 1370 g/mol. The number of para-hydroxylation sites is 2. The van der Waals surface area contributed by atoms with Crippen LogP contribution in [0.15, 0.2) is 461 Å². The number of rotatable bonds is 11. The average molecular weight is 1450 g/mol. The van der Waals surface area contributed by atoms with Crippen molar-refractivity contribution in [2.75, 3.05) is 0 Å². The number of phenols is 6. The van der Waals surface area contributed by atoms with Crippen LogP contribution in [0.5, 0.6) is 34.5 Å². The largest absolute Gasteiger partial charge is 0.507 e. The monoisotopic (exact) mass is 1450 g/mol. The Labute approximate surface area is 655 Å². The molecule has 6 N–H and O–H groups in total. The zero-order chi connectivity index (χ0) is 77.1. The number of hydrogen-bond acceptors (Lipinski definition) is 6. The summed E-state index contributed by atoms with van der Waals surface area (Å²) in [6.07, 6.45) is 0. The lowest BCUT2D eigenvalue weighted by Gasteiger charge is -2.14. The maximum atomic E-state index is 11.0. The lowest BCUT2D eigenvalue weighted by molar-refractivity contribution is 0.477. The second-order valence-corrected chi connectivity index (χ2v) is 26.3. The fourth-order valence-corrected chi connectivity index (χ4v) is 13.2. The third-order valence-corrected chi connectivity index (χ3v) is 18.9. The number of fused-ring (bicyclic) bond motifs is 1. The molecule has 0 aliphatic rings. The van der Waals surface area contributed by atoms with E-state index in [4.69, 9.17) is 0 Å². The number of aromatic hydroxyl groups is 6. The highest BCUT2D eigenvalue weighted by molar-refractivity contribution is 5.95. The summed E-state index contributed by atoms with van der Waals surface area (Å²) in [5.74, 6) is 1.96. The van der Waals surface area contributed by atoms with E-state index in [2.05, 4.69) is 36.4 Å². The van der Waals surface area contributed by atoms with E-state index >= 15 is 0 Å². The highest BCUT2D eigenvalue weighted by Crippen LogP contribution is 2.44. The van der Waals surface area contributed by atoms with E-state index in [0.29, 0.717) is 34.5 Å². The Bertz CT molecular complexity index is 5770. The summed E-state index contributed by atoms with van der Waals surface area (Å²) in [4.78, 5) is 0. The van der Waals surface area contributed by atoms with Gasteiger partial charge in [-0.3, -0.25) is 0 Å². The average Bonchev–Trinajstić information content (AvgIpc) is 0.801. The van der Waals surface area contributed by atoms with Crippen LogP contribution in [-0.2, 0) is 0 Å². The molecule has 112 heavy (non-hydrogen) atoms. The van der Waals surface area contributed by atoms with E-state index in [-0.39, 0.29) is 0 Å². The summed E-state index contributed by atoms with van der Waals surface area (Å²) in [5.41, 5.74) is 21.7. The van der Waals surface area contributed by atoms with E-state index in [1.807, 2.05) is 413 Å². The van der Waals surface area contributed by atoms with Gasteiger partial charge in [0.25, 0.3) is 0 Å². The van der Waals surface area contributed by atoms with E-state index in [1.165, 1.54) is 0 Å². The highest BCUT2D eigenvalue weighted by atomic mass is 16.3. The molecule has 0 saturated heterocycles. The summed E-state index contributed by atoms with van der Waals surface area (Å²) in [7, 11) is 0. The minimum absolute atomic E-state index is 0.311. The van der Waals surface area contributed by atoms with Crippen LogP contribution < -0.4 is 0 Å². The zero-order valence-corrected chi connectivity index (χ0v) is 61.6. The smallest absolute Gasteiger partial charge is 0.131 e. The zero-order valence-electron chi connectivity index (χ0n) is 61.6. The first-order valence-electron chi connectivity index (χ1n) is 37.0. The topological polar surface area (TPSA) is 121 Å². The van der Waals surface area contributed by atoms with Gasteiger partial charge in [0.15, 0.2) is 0 Å². The lowest BCUT2D eigenvalue weighted by atomic mass is 9.92. The van der Waals surface area contributed by atoms with Crippen molar-refractivity contribution >= 4 is 10.8 Å². The first kappa shape index (κ1) is 75.3. The Balaban J connectivity index is 0.000000119. The molecule has 0 aromatic heterocycles. The van der Waals surface area contributed by atoms with Crippen LogP contribution in [-0.4, -0.2) is 30.6 Å². The highest BCUT2D eigenvalue weighted by Gasteiger charge is 2.16. The maximum absolute atomic E-state index is 11.0.